The highest BCUT2D eigenvalue weighted by Crippen LogP contribution is 2.23. The average molecular weight is 263 g/mol. The number of carbonyl (C=O) groups is 2. The highest BCUT2D eigenvalue weighted by atomic mass is 32.2. The molecular weight excluding hydrogens is 250 g/mol. The molecule has 1 atom stereocenters. The van der Waals surface area contributed by atoms with E-state index in [1.807, 2.05) is 31.2 Å². The maximum absolute atomic E-state index is 12.0. The standard InChI is InChI=1S/C12H13N3O2S/c1-7-4-2-3-5-8(7)14-11(17)9-6-10(16)15-12(13)18-9/h2-5,9H,6H2,1H3,(H,14,17)(H2,13,15,16). The number of amides is 2. The van der Waals surface area contributed by atoms with Crippen molar-refractivity contribution in [3.05, 3.63) is 29.8 Å². The molecule has 1 aliphatic heterocycles. The zero-order valence-electron chi connectivity index (χ0n) is 9.84. The van der Waals surface area contributed by atoms with Gasteiger partial charge >= 0.3 is 0 Å². The molecule has 1 aromatic rings. The largest absolute Gasteiger partial charge is 0.378 e. The highest BCUT2D eigenvalue weighted by molar-refractivity contribution is 8.15. The van der Waals surface area contributed by atoms with E-state index in [0.717, 1.165) is 23.0 Å². The summed E-state index contributed by atoms with van der Waals surface area (Å²) in [4.78, 5) is 26.8. The molecule has 3 N–H and O–H groups in total. The van der Waals surface area contributed by atoms with E-state index < -0.39 is 5.25 Å². The minimum atomic E-state index is -0.505. The normalized spacial score (nSPS) is 19.3. The van der Waals surface area contributed by atoms with Crippen molar-refractivity contribution < 1.29 is 9.59 Å². The first kappa shape index (κ1) is 12.6. The van der Waals surface area contributed by atoms with Gasteiger partial charge in [-0.3, -0.25) is 9.59 Å². The van der Waals surface area contributed by atoms with Crippen LogP contribution in [0.3, 0.4) is 0 Å². The lowest BCUT2D eigenvalue weighted by molar-refractivity contribution is -0.121. The maximum Gasteiger partial charge on any atom is 0.249 e. The van der Waals surface area contributed by atoms with Crippen molar-refractivity contribution in [1.29, 1.82) is 0 Å². The summed E-state index contributed by atoms with van der Waals surface area (Å²) < 4.78 is 0. The Bertz CT molecular complexity index is 528. The number of benzene rings is 1. The van der Waals surface area contributed by atoms with Gasteiger partial charge in [-0.15, -0.1) is 0 Å². The summed E-state index contributed by atoms with van der Waals surface area (Å²) in [6.45, 7) is 1.91. The Morgan fingerprint density at radius 1 is 1.50 bits per heavy atom. The molecule has 1 aromatic carbocycles. The number of anilines is 1. The molecule has 0 aliphatic carbocycles. The SMILES string of the molecule is Cc1ccccc1NC(=O)C1CC(=O)N=C(N)S1. The number of aliphatic imine (C=N–C) groups is 1. The molecule has 0 radical (unpaired) electrons. The second-order valence-electron chi connectivity index (χ2n) is 3.96. The molecule has 6 heteroatoms. The molecule has 1 aliphatic rings. The lowest BCUT2D eigenvalue weighted by Crippen LogP contribution is -2.33. The first-order chi connectivity index (χ1) is 8.56. The Labute approximate surface area is 109 Å². The molecule has 5 nitrogen and oxygen atoms in total. The van der Waals surface area contributed by atoms with Crippen LogP contribution in [0.2, 0.25) is 0 Å². The van der Waals surface area contributed by atoms with Crippen molar-refractivity contribution in [2.45, 2.75) is 18.6 Å². The van der Waals surface area contributed by atoms with Gasteiger partial charge in [0.15, 0.2) is 5.17 Å². The summed E-state index contributed by atoms with van der Waals surface area (Å²) in [6.07, 6.45) is 0.0864. The number of hydrogen-bond donors (Lipinski definition) is 2. The monoisotopic (exact) mass is 263 g/mol. The fourth-order valence-corrected chi connectivity index (χ4v) is 2.45. The van der Waals surface area contributed by atoms with Crippen LogP contribution in [0.25, 0.3) is 0 Å². The number of aryl methyl sites for hydroxylation is 1. The van der Waals surface area contributed by atoms with Crippen LogP contribution in [0.4, 0.5) is 5.69 Å². The van der Waals surface area contributed by atoms with Crippen LogP contribution >= 0.6 is 11.8 Å². The third kappa shape index (κ3) is 2.89. The Hall–Kier alpha value is -1.82. The molecule has 2 rings (SSSR count). The number of hydrogen-bond acceptors (Lipinski definition) is 4. The predicted octanol–water partition coefficient (Wildman–Crippen LogP) is 1.28. The fourth-order valence-electron chi connectivity index (χ4n) is 1.61. The maximum atomic E-state index is 12.0. The Morgan fingerprint density at radius 2 is 2.22 bits per heavy atom. The smallest absolute Gasteiger partial charge is 0.249 e. The topological polar surface area (TPSA) is 84.5 Å². The van der Waals surface area contributed by atoms with Gasteiger partial charge in [-0.25, -0.2) is 0 Å². The third-order valence-corrected chi connectivity index (χ3v) is 3.55. The minimum absolute atomic E-state index is 0.0864. The van der Waals surface area contributed by atoms with Crippen LogP contribution in [-0.2, 0) is 9.59 Å². The molecule has 18 heavy (non-hydrogen) atoms. The Kier molecular flexibility index (Phi) is 3.66. The van der Waals surface area contributed by atoms with E-state index in [9.17, 15) is 9.59 Å². The van der Waals surface area contributed by atoms with Gasteiger partial charge in [-0.1, -0.05) is 30.0 Å². The van der Waals surface area contributed by atoms with Crippen molar-refractivity contribution >= 4 is 34.4 Å². The van der Waals surface area contributed by atoms with Gasteiger partial charge in [-0.2, -0.15) is 4.99 Å². The molecule has 1 heterocycles. The van der Waals surface area contributed by atoms with E-state index in [1.165, 1.54) is 0 Å². The third-order valence-electron chi connectivity index (χ3n) is 2.55. The molecule has 0 saturated carbocycles. The van der Waals surface area contributed by atoms with Gasteiger partial charge in [-0.05, 0) is 18.6 Å². The zero-order valence-corrected chi connectivity index (χ0v) is 10.7. The van der Waals surface area contributed by atoms with Crippen LogP contribution in [0.15, 0.2) is 29.3 Å². The molecule has 0 fully saturated rings. The van der Waals surface area contributed by atoms with E-state index in [-0.39, 0.29) is 23.4 Å². The Morgan fingerprint density at radius 3 is 2.89 bits per heavy atom. The van der Waals surface area contributed by atoms with Crippen LogP contribution in [0, 0.1) is 6.92 Å². The van der Waals surface area contributed by atoms with Crippen molar-refractivity contribution in [2.75, 3.05) is 5.32 Å². The number of amidine groups is 1. The zero-order chi connectivity index (χ0) is 13.1. The number of rotatable bonds is 2. The number of nitrogens with zero attached hydrogens (tertiary/aromatic N) is 1. The fraction of sp³-hybridized carbons (Fsp3) is 0.250. The van der Waals surface area contributed by atoms with Gasteiger partial charge in [0.2, 0.25) is 11.8 Å². The lowest BCUT2D eigenvalue weighted by atomic mass is 10.2. The molecular formula is C12H13N3O2S. The van der Waals surface area contributed by atoms with E-state index in [2.05, 4.69) is 10.3 Å². The van der Waals surface area contributed by atoms with Gasteiger partial charge in [0.05, 0.1) is 6.42 Å². The number of nitrogens with two attached hydrogens (primary N) is 1. The molecule has 0 aromatic heterocycles. The van der Waals surface area contributed by atoms with Gasteiger partial charge < -0.3 is 11.1 Å². The van der Waals surface area contributed by atoms with Gasteiger partial charge in [0.25, 0.3) is 0 Å². The molecule has 1 unspecified atom stereocenters. The summed E-state index contributed by atoms with van der Waals surface area (Å²) in [6, 6.07) is 7.47. The first-order valence-corrected chi connectivity index (χ1v) is 6.34. The summed E-state index contributed by atoms with van der Waals surface area (Å²) in [5, 5.41) is 2.44. The van der Waals surface area contributed by atoms with Crippen LogP contribution < -0.4 is 11.1 Å². The first-order valence-electron chi connectivity index (χ1n) is 5.46. The number of para-hydroxylation sites is 1. The van der Waals surface area contributed by atoms with Crippen molar-refractivity contribution in [3.63, 3.8) is 0 Å². The summed E-state index contributed by atoms with van der Waals surface area (Å²) >= 11 is 1.12. The van der Waals surface area contributed by atoms with Crippen molar-refractivity contribution in [1.82, 2.24) is 0 Å². The molecule has 94 valence electrons. The lowest BCUT2D eigenvalue weighted by Gasteiger charge is -2.18. The number of thioether (sulfide) groups is 1. The predicted molar refractivity (Wildman–Crippen MR) is 72.4 cm³/mol. The van der Waals surface area contributed by atoms with Crippen LogP contribution in [0.1, 0.15) is 12.0 Å². The summed E-state index contributed by atoms with van der Waals surface area (Å²) in [5.41, 5.74) is 7.21. The van der Waals surface area contributed by atoms with Crippen molar-refractivity contribution in [2.24, 2.45) is 10.7 Å². The summed E-state index contributed by atoms with van der Waals surface area (Å²) in [7, 11) is 0. The molecule has 0 bridgehead atoms. The molecule has 0 saturated heterocycles. The van der Waals surface area contributed by atoms with E-state index in [4.69, 9.17) is 5.73 Å². The summed E-state index contributed by atoms with van der Waals surface area (Å²) in [5.74, 6) is -0.573. The second kappa shape index (κ2) is 5.22. The quantitative estimate of drug-likeness (QED) is 0.841. The van der Waals surface area contributed by atoms with Crippen LogP contribution in [-0.4, -0.2) is 22.2 Å². The van der Waals surface area contributed by atoms with E-state index in [1.54, 1.807) is 0 Å². The highest BCUT2D eigenvalue weighted by Gasteiger charge is 2.28. The van der Waals surface area contributed by atoms with E-state index in [0.29, 0.717) is 0 Å². The van der Waals surface area contributed by atoms with Gasteiger partial charge in [0, 0.05) is 5.69 Å². The van der Waals surface area contributed by atoms with Gasteiger partial charge in [0.1, 0.15) is 5.25 Å². The van der Waals surface area contributed by atoms with E-state index >= 15 is 0 Å². The molecule has 2 amide bonds. The number of carbonyl (C=O) groups excluding carboxylic acids is 2. The minimum Gasteiger partial charge on any atom is -0.378 e. The van der Waals surface area contributed by atoms with Crippen molar-refractivity contribution in [3.8, 4) is 0 Å². The second-order valence-corrected chi connectivity index (χ2v) is 5.18. The Balaban J connectivity index is 2.07. The number of nitrogens with one attached hydrogen (secondary N) is 1. The average Bonchev–Trinajstić information content (AvgIpc) is 2.31. The molecule has 0 spiro atoms. The van der Waals surface area contributed by atoms with Crippen LogP contribution in [0.5, 0.6) is 0 Å².